The number of hydrogen-bond donors (Lipinski definition) is 3. The zero-order chi connectivity index (χ0) is 15.7. The Morgan fingerprint density at radius 3 is 2.70 bits per heavy atom. The molecule has 1 unspecified atom stereocenters. The van der Waals surface area contributed by atoms with Gasteiger partial charge in [0, 0.05) is 12.6 Å². The highest BCUT2D eigenvalue weighted by atomic mass is 35.5. The van der Waals surface area contributed by atoms with E-state index in [1.807, 2.05) is 0 Å². The molecule has 1 amide bonds. The molecule has 1 aliphatic carbocycles. The molecule has 4 N–H and O–H groups in total. The number of para-hydroxylation sites is 1. The number of benzene rings is 1. The van der Waals surface area contributed by atoms with E-state index >= 15 is 0 Å². The fourth-order valence-electron chi connectivity index (χ4n) is 2.61. The molecule has 1 saturated carbocycles. The van der Waals surface area contributed by atoms with Gasteiger partial charge in [0.1, 0.15) is 6.54 Å². The van der Waals surface area contributed by atoms with Gasteiger partial charge in [-0.25, -0.2) is 4.79 Å². The molecule has 1 fully saturated rings. The molecule has 1 aromatic carbocycles. The van der Waals surface area contributed by atoms with E-state index in [2.05, 4.69) is 10.3 Å². The van der Waals surface area contributed by atoms with Crippen molar-refractivity contribution in [3.63, 3.8) is 0 Å². The molecule has 0 saturated heterocycles. The lowest BCUT2D eigenvalue weighted by atomic mass is 10.2. The van der Waals surface area contributed by atoms with Gasteiger partial charge >= 0.3 is 5.69 Å². The number of amides is 1. The van der Waals surface area contributed by atoms with Crippen LogP contribution in [0.5, 0.6) is 0 Å². The lowest BCUT2D eigenvalue weighted by molar-refractivity contribution is -0.122. The summed E-state index contributed by atoms with van der Waals surface area (Å²) in [4.78, 5) is 39.0. The molecule has 2 aromatic rings. The van der Waals surface area contributed by atoms with E-state index in [0.29, 0.717) is 23.4 Å². The van der Waals surface area contributed by atoms with Crippen molar-refractivity contribution in [1.29, 1.82) is 0 Å². The molecule has 7 nitrogen and oxygen atoms in total. The number of nitrogens with two attached hydrogens (primary N) is 1. The minimum absolute atomic E-state index is 0. The summed E-state index contributed by atoms with van der Waals surface area (Å²) in [5.74, 6) is 0.0470. The number of aromatic nitrogens is 2. The Morgan fingerprint density at radius 1 is 1.35 bits per heavy atom. The van der Waals surface area contributed by atoms with Gasteiger partial charge in [0.15, 0.2) is 0 Å². The van der Waals surface area contributed by atoms with Gasteiger partial charge in [0.2, 0.25) is 5.91 Å². The summed E-state index contributed by atoms with van der Waals surface area (Å²) >= 11 is 0. The lowest BCUT2D eigenvalue weighted by Crippen LogP contribution is -2.46. The third-order valence-corrected chi connectivity index (χ3v) is 3.98. The van der Waals surface area contributed by atoms with E-state index < -0.39 is 11.2 Å². The van der Waals surface area contributed by atoms with Crippen molar-refractivity contribution in [3.05, 3.63) is 45.1 Å². The van der Waals surface area contributed by atoms with Gasteiger partial charge in [0.05, 0.1) is 10.9 Å². The molecule has 1 atom stereocenters. The molecule has 1 heterocycles. The molecule has 1 aliphatic rings. The normalized spacial score (nSPS) is 15.0. The first-order valence-corrected chi connectivity index (χ1v) is 7.31. The maximum Gasteiger partial charge on any atom is 0.329 e. The first-order chi connectivity index (χ1) is 10.6. The fraction of sp³-hybridized carbons (Fsp3) is 0.400. The van der Waals surface area contributed by atoms with Gasteiger partial charge in [0.25, 0.3) is 5.56 Å². The van der Waals surface area contributed by atoms with Crippen LogP contribution in [0.15, 0.2) is 33.9 Å². The second-order valence-electron chi connectivity index (χ2n) is 5.61. The number of carbonyl (C=O) groups is 1. The van der Waals surface area contributed by atoms with E-state index in [0.717, 1.165) is 17.4 Å². The smallest absolute Gasteiger partial charge is 0.329 e. The van der Waals surface area contributed by atoms with Crippen molar-refractivity contribution in [1.82, 2.24) is 14.9 Å². The van der Waals surface area contributed by atoms with Crippen molar-refractivity contribution in [3.8, 4) is 0 Å². The summed E-state index contributed by atoms with van der Waals surface area (Å²) in [7, 11) is 0. The quantitative estimate of drug-likeness (QED) is 0.710. The SMILES string of the molecule is Cl.NCC(NC(=O)Cn1c(=O)[nH]c2ccccc2c1=O)C1CC1. The van der Waals surface area contributed by atoms with Crippen molar-refractivity contribution in [2.24, 2.45) is 11.7 Å². The Morgan fingerprint density at radius 2 is 2.04 bits per heavy atom. The number of fused-ring (bicyclic) bond motifs is 1. The number of rotatable bonds is 5. The van der Waals surface area contributed by atoms with E-state index in [9.17, 15) is 14.4 Å². The molecule has 0 spiro atoms. The fourth-order valence-corrected chi connectivity index (χ4v) is 2.61. The summed E-state index contributed by atoms with van der Waals surface area (Å²) in [6.07, 6.45) is 2.11. The molecule has 1 aromatic heterocycles. The number of nitrogens with one attached hydrogen (secondary N) is 2. The van der Waals surface area contributed by atoms with Crippen LogP contribution in [-0.2, 0) is 11.3 Å². The van der Waals surface area contributed by atoms with Crippen LogP contribution in [-0.4, -0.2) is 28.0 Å². The number of hydrogen-bond acceptors (Lipinski definition) is 4. The van der Waals surface area contributed by atoms with Gasteiger partial charge < -0.3 is 16.0 Å². The van der Waals surface area contributed by atoms with Crippen LogP contribution in [0.3, 0.4) is 0 Å². The molecule has 124 valence electrons. The lowest BCUT2D eigenvalue weighted by Gasteiger charge is -2.16. The van der Waals surface area contributed by atoms with Crippen molar-refractivity contribution in [2.75, 3.05) is 6.54 Å². The third-order valence-electron chi connectivity index (χ3n) is 3.98. The van der Waals surface area contributed by atoms with E-state index in [1.54, 1.807) is 24.3 Å². The molecule has 0 aliphatic heterocycles. The van der Waals surface area contributed by atoms with Crippen LogP contribution in [0.4, 0.5) is 0 Å². The van der Waals surface area contributed by atoms with Gasteiger partial charge in [-0.1, -0.05) is 12.1 Å². The number of halogens is 1. The predicted molar refractivity (Wildman–Crippen MR) is 89.8 cm³/mol. The monoisotopic (exact) mass is 338 g/mol. The maximum atomic E-state index is 12.3. The maximum absolute atomic E-state index is 12.3. The van der Waals surface area contributed by atoms with E-state index in [-0.39, 0.29) is 30.9 Å². The highest BCUT2D eigenvalue weighted by Crippen LogP contribution is 2.32. The Hall–Kier alpha value is -2.12. The second kappa shape index (κ2) is 6.97. The zero-order valence-electron chi connectivity index (χ0n) is 12.5. The number of nitrogens with zero attached hydrogens (tertiary/aromatic N) is 1. The Bertz CT molecular complexity index is 825. The Labute approximate surface area is 138 Å². The van der Waals surface area contributed by atoms with Crippen LogP contribution in [0, 0.1) is 5.92 Å². The van der Waals surface area contributed by atoms with Crippen molar-refractivity contribution in [2.45, 2.75) is 25.4 Å². The largest absolute Gasteiger partial charge is 0.350 e. The van der Waals surface area contributed by atoms with E-state index in [1.165, 1.54) is 0 Å². The molecular formula is C15H19ClN4O3. The first kappa shape index (κ1) is 17.2. The number of H-pyrrole nitrogens is 1. The minimum Gasteiger partial charge on any atom is -0.350 e. The van der Waals surface area contributed by atoms with Crippen LogP contribution < -0.4 is 22.3 Å². The third kappa shape index (κ3) is 3.62. The molecule has 3 rings (SSSR count). The first-order valence-electron chi connectivity index (χ1n) is 7.31. The number of aromatic amines is 1. The summed E-state index contributed by atoms with van der Waals surface area (Å²) in [5.41, 5.74) is 5.05. The molecule has 0 bridgehead atoms. The predicted octanol–water partition coefficient (Wildman–Crippen LogP) is -0.0349. The molecule has 8 heteroatoms. The summed E-state index contributed by atoms with van der Waals surface area (Å²) in [6.45, 7) is 0.0571. The second-order valence-corrected chi connectivity index (χ2v) is 5.61. The zero-order valence-corrected chi connectivity index (χ0v) is 13.3. The average molecular weight is 339 g/mol. The minimum atomic E-state index is -0.588. The van der Waals surface area contributed by atoms with Crippen LogP contribution in [0.1, 0.15) is 12.8 Å². The standard InChI is InChI=1S/C15H18N4O3.ClH/c16-7-12(9-5-6-9)17-13(20)8-19-14(21)10-3-1-2-4-11(10)18-15(19)22;/h1-4,9,12H,5-8,16H2,(H,17,20)(H,18,22);1H. The topological polar surface area (TPSA) is 110 Å². The van der Waals surface area contributed by atoms with Crippen LogP contribution >= 0.6 is 12.4 Å². The van der Waals surface area contributed by atoms with Crippen molar-refractivity contribution < 1.29 is 4.79 Å². The summed E-state index contributed by atoms with van der Waals surface area (Å²) < 4.78 is 0.915. The average Bonchev–Trinajstić information content (AvgIpc) is 3.34. The molecule has 0 radical (unpaired) electrons. The Kier molecular flexibility index (Phi) is 5.23. The van der Waals surface area contributed by atoms with Crippen LogP contribution in [0.25, 0.3) is 10.9 Å². The summed E-state index contributed by atoms with van der Waals surface area (Å²) in [6, 6.07) is 6.64. The van der Waals surface area contributed by atoms with Gasteiger partial charge in [-0.05, 0) is 30.9 Å². The highest BCUT2D eigenvalue weighted by Gasteiger charge is 2.31. The number of carbonyl (C=O) groups excluding carboxylic acids is 1. The van der Waals surface area contributed by atoms with Gasteiger partial charge in [-0.15, -0.1) is 12.4 Å². The van der Waals surface area contributed by atoms with Gasteiger partial charge in [-0.2, -0.15) is 0 Å². The van der Waals surface area contributed by atoms with Crippen molar-refractivity contribution >= 4 is 29.2 Å². The Balaban J connectivity index is 0.00000192. The van der Waals surface area contributed by atoms with Crippen LogP contribution in [0.2, 0.25) is 0 Å². The molecular weight excluding hydrogens is 320 g/mol. The highest BCUT2D eigenvalue weighted by molar-refractivity contribution is 5.85. The molecule has 23 heavy (non-hydrogen) atoms. The summed E-state index contributed by atoms with van der Waals surface area (Å²) in [5, 5.41) is 3.19. The van der Waals surface area contributed by atoms with Gasteiger partial charge in [-0.3, -0.25) is 14.2 Å². The van der Waals surface area contributed by atoms with E-state index in [4.69, 9.17) is 5.73 Å².